The number of rotatable bonds is 6. The van der Waals surface area contributed by atoms with Gasteiger partial charge >= 0.3 is 0 Å². The summed E-state index contributed by atoms with van der Waals surface area (Å²) >= 11 is 0. The fraction of sp³-hybridized carbons (Fsp3) is 0.875. The molecule has 4 heteroatoms. The lowest BCUT2D eigenvalue weighted by Gasteiger charge is -2.09. The molecule has 0 aliphatic rings. The highest BCUT2D eigenvalue weighted by molar-refractivity contribution is 5.79. The van der Waals surface area contributed by atoms with Gasteiger partial charge < -0.3 is 5.73 Å². The molecule has 1 amide bonds. The van der Waals surface area contributed by atoms with E-state index in [4.69, 9.17) is 0 Å². The maximum Gasteiger partial charge on any atom is 0.255 e. The van der Waals surface area contributed by atoms with E-state index in [1.54, 1.807) is 0 Å². The number of hydrogen-bond donors (Lipinski definition) is 1. The number of halogens is 2. The second-order valence-corrected chi connectivity index (χ2v) is 2.82. The Kier molecular flexibility index (Phi) is 5.58. The molecule has 2 nitrogen and oxygen atoms in total. The number of carbonyl (C=O) groups is 1. The lowest BCUT2D eigenvalue weighted by atomic mass is 10.1. The molecular formula is C8H15F2NO. The van der Waals surface area contributed by atoms with Crippen molar-refractivity contribution in [3.05, 3.63) is 0 Å². The van der Waals surface area contributed by atoms with Gasteiger partial charge in [-0.2, -0.15) is 0 Å². The van der Waals surface area contributed by atoms with E-state index in [0.717, 1.165) is 12.8 Å². The lowest BCUT2D eigenvalue weighted by Crippen LogP contribution is -2.32. The van der Waals surface area contributed by atoms with Crippen LogP contribution in [0.5, 0.6) is 0 Å². The largest absolute Gasteiger partial charge is 0.367 e. The van der Waals surface area contributed by atoms with Crippen LogP contribution in [0.3, 0.4) is 0 Å². The summed E-state index contributed by atoms with van der Waals surface area (Å²) in [4.78, 5) is 10.2. The van der Waals surface area contributed by atoms with Crippen LogP contribution in [0.4, 0.5) is 8.78 Å². The Balaban J connectivity index is 3.56. The monoisotopic (exact) mass is 179 g/mol. The van der Waals surface area contributed by atoms with Crippen LogP contribution in [-0.2, 0) is 4.79 Å². The molecular weight excluding hydrogens is 164 g/mol. The highest BCUT2D eigenvalue weighted by atomic mass is 19.2. The molecule has 0 radical (unpaired) electrons. The third kappa shape index (κ3) is 4.26. The number of primary amides is 1. The van der Waals surface area contributed by atoms with E-state index in [0.29, 0.717) is 6.42 Å². The van der Waals surface area contributed by atoms with Gasteiger partial charge in [-0.15, -0.1) is 0 Å². The number of nitrogens with two attached hydrogens (primary N) is 1. The molecule has 2 unspecified atom stereocenters. The summed E-state index contributed by atoms with van der Waals surface area (Å²) in [6.07, 6.45) is -1.38. The zero-order valence-electron chi connectivity index (χ0n) is 7.22. The first-order valence-corrected chi connectivity index (χ1v) is 4.17. The summed E-state index contributed by atoms with van der Waals surface area (Å²) in [7, 11) is 0. The Bertz CT molecular complexity index is 141. The maximum atomic E-state index is 12.7. The van der Waals surface area contributed by atoms with Gasteiger partial charge in [0.05, 0.1) is 0 Å². The molecule has 2 atom stereocenters. The minimum Gasteiger partial charge on any atom is -0.367 e. The van der Waals surface area contributed by atoms with Gasteiger partial charge in [-0.3, -0.25) is 4.79 Å². The van der Waals surface area contributed by atoms with E-state index in [1.165, 1.54) is 0 Å². The van der Waals surface area contributed by atoms with Crippen molar-refractivity contribution in [2.45, 2.75) is 45.0 Å². The molecule has 0 aliphatic heterocycles. The summed E-state index contributed by atoms with van der Waals surface area (Å²) in [6, 6.07) is 0. The van der Waals surface area contributed by atoms with Gasteiger partial charge in [-0.1, -0.05) is 26.2 Å². The molecule has 0 bridgehead atoms. The molecule has 0 saturated carbocycles. The molecule has 0 saturated heterocycles. The van der Waals surface area contributed by atoms with Crippen LogP contribution in [0.2, 0.25) is 0 Å². The van der Waals surface area contributed by atoms with Crippen LogP contribution >= 0.6 is 0 Å². The van der Waals surface area contributed by atoms with Gasteiger partial charge in [0.2, 0.25) is 6.17 Å². The third-order valence-corrected chi connectivity index (χ3v) is 1.67. The molecule has 0 rings (SSSR count). The van der Waals surface area contributed by atoms with E-state index in [1.807, 2.05) is 6.92 Å². The Hall–Kier alpha value is -0.670. The van der Waals surface area contributed by atoms with Gasteiger partial charge in [0.15, 0.2) is 0 Å². The summed E-state index contributed by atoms with van der Waals surface area (Å²) in [5.74, 6) is -1.21. The Morgan fingerprint density at radius 1 is 1.42 bits per heavy atom. The number of carbonyl (C=O) groups excluding carboxylic acids is 1. The van der Waals surface area contributed by atoms with E-state index >= 15 is 0 Å². The molecule has 0 aliphatic carbocycles. The molecule has 0 spiro atoms. The van der Waals surface area contributed by atoms with E-state index < -0.39 is 18.3 Å². The van der Waals surface area contributed by atoms with Crippen molar-refractivity contribution in [1.82, 2.24) is 0 Å². The fourth-order valence-electron chi connectivity index (χ4n) is 0.914. The number of amides is 1. The fourth-order valence-corrected chi connectivity index (χ4v) is 0.914. The minimum atomic E-state index is -2.14. The number of hydrogen-bond acceptors (Lipinski definition) is 1. The van der Waals surface area contributed by atoms with Crippen LogP contribution in [-0.4, -0.2) is 18.3 Å². The SMILES string of the molecule is CCCCCC(F)C(F)C(N)=O. The summed E-state index contributed by atoms with van der Waals surface area (Å²) in [5, 5.41) is 0. The molecule has 12 heavy (non-hydrogen) atoms. The third-order valence-electron chi connectivity index (χ3n) is 1.67. The zero-order chi connectivity index (χ0) is 9.56. The van der Waals surface area contributed by atoms with Crippen molar-refractivity contribution in [3.8, 4) is 0 Å². The predicted octanol–water partition coefficient (Wildman–Crippen LogP) is 1.73. The molecule has 0 aromatic carbocycles. The first-order chi connectivity index (χ1) is 5.59. The Labute approximate surface area is 71.1 Å². The first kappa shape index (κ1) is 11.3. The first-order valence-electron chi connectivity index (χ1n) is 4.17. The summed E-state index contributed by atoms with van der Waals surface area (Å²) in [5.41, 5.74) is 4.59. The second kappa shape index (κ2) is 5.91. The topological polar surface area (TPSA) is 43.1 Å². The Morgan fingerprint density at radius 2 is 2.00 bits per heavy atom. The van der Waals surface area contributed by atoms with Crippen molar-refractivity contribution >= 4 is 5.91 Å². The normalized spacial score (nSPS) is 15.6. The van der Waals surface area contributed by atoms with Crippen molar-refractivity contribution < 1.29 is 13.6 Å². The molecule has 72 valence electrons. The highest BCUT2D eigenvalue weighted by Gasteiger charge is 2.24. The van der Waals surface area contributed by atoms with Crippen LogP contribution in [0.15, 0.2) is 0 Å². The summed E-state index contributed by atoms with van der Waals surface area (Å²) in [6.45, 7) is 1.97. The smallest absolute Gasteiger partial charge is 0.255 e. The van der Waals surface area contributed by atoms with E-state index in [9.17, 15) is 13.6 Å². The van der Waals surface area contributed by atoms with Crippen molar-refractivity contribution in [2.24, 2.45) is 5.73 Å². The molecule has 0 aromatic rings. The van der Waals surface area contributed by atoms with Crippen molar-refractivity contribution in [2.75, 3.05) is 0 Å². The predicted molar refractivity (Wildman–Crippen MR) is 43.1 cm³/mol. The zero-order valence-corrected chi connectivity index (χ0v) is 7.22. The van der Waals surface area contributed by atoms with Crippen LogP contribution in [0.25, 0.3) is 0 Å². The maximum absolute atomic E-state index is 12.7. The molecule has 0 fully saturated rings. The van der Waals surface area contributed by atoms with Crippen LogP contribution in [0, 0.1) is 0 Å². The van der Waals surface area contributed by atoms with Crippen molar-refractivity contribution in [3.63, 3.8) is 0 Å². The van der Waals surface area contributed by atoms with E-state index in [2.05, 4.69) is 5.73 Å². The lowest BCUT2D eigenvalue weighted by molar-refractivity contribution is -0.125. The van der Waals surface area contributed by atoms with E-state index in [-0.39, 0.29) is 6.42 Å². The quantitative estimate of drug-likeness (QED) is 0.620. The number of alkyl halides is 2. The van der Waals surface area contributed by atoms with Gasteiger partial charge in [0.25, 0.3) is 5.91 Å². The number of unbranched alkanes of at least 4 members (excludes halogenated alkanes) is 2. The van der Waals surface area contributed by atoms with Crippen LogP contribution in [0.1, 0.15) is 32.6 Å². The molecule has 2 N–H and O–H groups in total. The standard InChI is InChI=1S/C8H15F2NO/c1-2-3-4-5-6(9)7(10)8(11)12/h6-7H,2-5H2,1H3,(H2,11,12). The molecule has 0 aromatic heterocycles. The van der Waals surface area contributed by atoms with Gasteiger partial charge in [0.1, 0.15) is 6.17 Å². The van der Waals surface area contributed by atoms with Gasteiger partial charge in [0, 0.05) is 0 Å². The summed E-state index contributed by atoms with van der Waals surface area (Å²) < 4.78 is 25.2. The second-order valence-electron chi connectivity index (χ2n) is 2.82. The highest BCUT2D eigenvalue weighted by Crippen LogP contribution is 2.12. The average molecular weight is 179 g/mol. The van der Waals surface area contributed by atoms with Crippen molar-refractivity contribution in [1.29, 1.82) is 0 Å². The Morgan fingerprint density at radius 3 is 2.42 bits per heavy atom. The molecule has 0 heterocycles. The van der Waals surface area contributed by atoms with Gasteiger partial charge in [-0.05, 0) is 6.42 Å². The average Bonchev–Trinajstić information content (AvgIpc) is 2.03. The van der Waals surface area contributed by atoms with Crippen LogP contribution < -0.4 is 5.73 Å². The van der Waals surface area contributed by atoms with Gasteiger partial charge in [-0.25, -0.2) is 8.78 Å². The minimum absolute atomic E-state index is 0.0813.